The molecular weight excluding hydrogens is 304 g/mol. The number of fused-ring (bicyclic) bond motifs is 1. The van der Waals surface area contributed by atoms with Gasteiger partial charge in [0.1, 0.15) is 12.1 Å². The number of Topliss-reactive ketones (excluding diaryl/α,β-unsaturated/α-hetero) is 1. The normalized spacial score (nSPS) is 13.8. The molecule has 3 aromatic rings. The third-order valence-corrected chi connectivity index (χ3v) is 3.83. The summed E-state index contributed by atoms with van der Waals surface area (Å²) in [4.78, 5) is 20.7. The van der Waals surface area contributed by atoms with Gasteiger partial charge in [-0.25, -0.2) is 4.98 Å². The van der Waals surface area contributed by atoms with Crippen LogP contribution in [0.15, 0.2) is 65.4 Å². The van der Waals surface area contributed by atoms with E-state index in [9.17, 15) is 9.90 Å². The van der Waals surface area contributed by atoms with Gasteiger partial charge in [0, 0.05) is 22.9 Å². The number of allylic oxidation sites excluding steroid dienone is 1. The van der Waals surface area contributed by atoms with Crippen molar-refractivity contribution in [3.63, 3.8) is 0 Å². The average Bonchev–Trinajstić information content (AvgIpc) is 3.23. The molecule has 116 valence electrons. The molecule has 0 saturated carbocycles. The first-order valence-corrected chi connectivity index (χ1v) is 7.31. The molecule has 0 aliphatic heterocycles. The fourth-order valence-corrected chi connectivity index (χ4v) is 2.59. The predicted molar refractivity (Wildman–Crippen MR) is 90.3 cm³/mol. The predicted octanol–water partition coefficient (Wildman–Crippen LogP) is 3.34. The van der Waals surface area contributed by atoms with E-state index in [1.807, 2.05) is 12.1 Å². The minimum Gasteiger partial charge on any atom is -0.506 e. The van der Waals surface area contributed by atoms with Crippen LogP contribution in [0.2, 0.25) is 0 Å². The van der Waals surface area contributed by atoms with E-state index in [-0.39, 0.29) is 17.1 Å². The van der Waals surface area contributed by atoms with Crippen LogP contribution in [-0.2, 0) is 0 Å². The van der Waals surface area contributed by atoms with Crippen molar-refractivity contribution in [2.45, 2.75) is 0 Å². The Balaban J connectivity index is 1.60. The van der Waals surface area contributed by atoms with Gasteiger partial charge in [0.2, 0.25) is 0 Å². The standard InChI is InChI=1S/C18H12N4O2/c23-16-13-3-1-2-4-14(13)17(24)15(16)9-19-12-7-5-11(6-8-12)18-20-10-21-22-18/h1-10,23H,(H,20,21,22). The number of rotatable bonds is 3. The van der Waals surface area contributed by atoms with Crippen molar-refractivity contribution in [1.82, 2.24) is 15.2 Å². The van der Waals surface area contributed by atoms with Gasteiger partial charge in [-0.15, -0.1) is 0 Å². The molecule has 0 bridgehead atoms. The molecule has 2 aromatic carbocycles. The third-order valence-electron chi connectivity index (χ3n) is 3.83. The molecule has 6 heteroatoms. The molecule has 1 aromatic heterocycles. The highest BCUT2D eigenvalue weighted by molar-refractivity contribution is 6.30. The molecule has 0 atom stereocenters. The molecule has 6 nitrogen and oxygen atoms in total. The number of aromatic amines is 1. The van der Waals surface area contributed by atoms with Gasteiger partial charge in [0.25, 0.3) is 0 Å². The van der Waals surface area contributed by atoms with Crippen LogP contribution in [-0.4, -0.2) is 32.3 Å². The van der Waals surface area contributed by atoms with E-state index in [4.69, 9.17) is 0 Å². The number of nitrogens with one attached hydrogen (secondary N) is 1. The number of carbonyl (C=O) groups excluding carboxylic acids is 1. The van der Waals surface area contributed by atoms with Gasteiger partial charge in [-0.05, 0) is 24.3 Å². The van der Waals surface area contributed by atoms with Crippen molar-refractivity contribution < 1.29 is 9.90 Å². The van der Waals surface area contributed by atoms with Gasteiger partial charge in [-0.1, -0.05) is 24.3 Å². The molecule has 24 heavy (non-hydrogen) atoms. The minimum absolute atomic E-state index is 0.0300. The molecule has 0 saturated heterocycles. The van der Waals surface area contributed by atoms with Gasteiger partial charge in [-0.2, -0.15) is 5.10 Å². The maximum atomic E-state index is 12.3. The van der Waals surface area contributed by atoms with Crippen molar-refractivity contribution >= 4 is 23.4 Å². The largest absolute Gasteiger partial charge is 0.506 e. The molecule has 2 N–H and O–H groups in total. The number of hydrogen-bond acceptors (Lipinski definition) is 5. The summed E-state index contributed by atoms with van der Waals surface area (Å²) < 4.78 is 0. The lowest BCUT2D eigenvalue weighted by Gasteiger charge is -1.98. The molecule has 0 unspecified atom stereocenters. The Hall–Kier alpha value is -3.54. The van der Waals surface area contributed by atoms with Gasteiger partial charge < -0.3 is 5.11 Å². The molecule has 0 radical (unpaired) electrons. The molecule has 0 amide bonds. The van der Waals surface area contributed by atoms with Gasteiger partial charge >= 0.3 is 0 Å². The van der Waals surface area contributed by atoms with Crippen molar-refractivity contribution in [3.05, 3.63) is 71.6 Å². The van der Waals surface area contributed by atoms with Crippen molar-refractivity contribution in [1.29, 1.82) is 0 Å². The maximum Gasteiger partial charge on any atom is 0.199 e. The number of hydrogen-bond donors (Lipinski definition) is 2. The number of benzene rings is 2. The Kier molecular flexibility index (Phi) is 3.28. The second kappa shape index (κ2) is 5.58. The quantitative estimate of drug-likeness (QED) is 0.725. The number of H-pyrrole nitrogens is 1. The van der Waals surface area contributed by atoms with Crippen LogP contribution in [0.1, 0.15) is 15.9 Å². The number of ketones is 1. The van der Waals surface area contributed by atoms with E-state index in [2.05, 4.69) is 20.2 Å². The first-order valence-electron chi connectivity index (χ1n) is 7.31. The van der Waals surface area contributed by atoms with Crippen molar-refractivity contribution in [2.75, 3.05) is 0 Å². The van der Waals surface area contributed by atoms with Crippen LogP contribution in [0, 0.1) is 0 Å². The SMILES string of the molecule is O=C1C(C=Nc2ccc(-c3ncn[nH]3)cc2)=C(O)c2ccccc21. The Bertz CT molecular complexity index is 971. The second-order valence-corrected chi connectivity index (χ2v) is 5.28. The molecule has 0 spiro atoms. The summed E-state index contributed by atoms with van der Waals surface area (Å²) in [5.41, 5.74) is 2.80. The summed E-state index contributed by atoms with van der Waals surface area (Å²) in [6.45, 7) is 0. The van der Waals surface area contributed by atoms with Crippen LogP contribution in [0.4, 0.5) is 5.69 Å². The van der Waals surface area contributed by atoms with Crippen LogP contribution < -0.4 is 0 Å². The molecule has 1 aliphatic rings. The lowest BCUT2D eigenvalue weighted by molar-refractivity contribution is 0.104. The zero-order valence-electron chi connectivity index (χ0n) is 12.5. The smallest absolute Gasteiger partial charge is 0.199 e. The number of aliphatic hydroxyl groups excluding tert-OH is 1. The number of aliphatic hydroxyl groups is 1. The highest BCUT2D eigenvalue weighted by Crippen LogP contribution is 2.30. The lowest BCUT2D eigenvalue weighted by Crippen LogP contribution is -1.99. The zero-order valence-corrected chi connectivity index (χ0v) is 12.5. The van der Waals surface area contributed by atoms with E-state index >= 15 is 0 Å². The molecule has 1 aliphatic carbocycles. The fraction of sp³-hybridized carbons (Fsp3) is 0. The Morgan fingerprint density at radius 2 is 1.79 bits per heavy atom. The number of carbonyl (C=O) groups is 1. The lowest BCUT2D eigenvalue weighted by atomic mass is 10.1. The first-order chi connectivity index (χ1) is 11.7. The van der Waals surface area contributed by atoms with Crippen LogP contribution in [0.3, 0.4) is 0 Å². The summed E-state index contributed by atoms with van der Waals surface area (Å²) in [6.07, 6.45) is 2.85. The Morgan fingerprint density at radius 1 is 1.04 bits per heavy atom. The number of aliphatic imine (C=N–C) groups is 1. The topological polar surface area (TPSA) is 91.2 Å². The van der Waals surface area contributed by atoms with E-state index in [1.165, 1.54) is 12.5 Å². The van der Waals surface area contributed by atoms with Gasteiger partial charge in [-0.3, -0.25) is 14.9 Å². The minimum atomic E-state index is -0.217. The maximum absolute atomic E-state index is 12.3. The summed E-state index contributed by atoms with van der Waals surface area (Å²) in [5.74, 6) is 0.426. The molecular formula is C18H12N4O2. The summed E-state index contributed by atoms with van der Waals surface area (Å²) in [6, 6.07) is 14.3. The van der Waals surface area contributed by atoms with Crippen LogP contribution in [0.5, 0.6) is 0 Å². The number of aromatic nitrogens is 3. The third kappa shape index (κ3) is 2.30. The first kappa shape index (κ1) is 14.1. The van der Waals surface area contributed by atoms with E-state index in [0.717, 1.165) is 5.56 Å². The summed E-state index contributed by atoms with van der Waals surface area (Å²) >= 11 is 0. The highest BCUT2D eigenvalue weighted by atomic mass is 16.3. The van der Waals surface area contributed by atoms with Gasteiger partial charge in [0.15, 0.2) is 11.6 Å². The van der Waals surface area contributed by atoms with E-state index in [0.29, 0.717) is 22.6 Å². The average molecular weight is 316 g/mol. The highest BCUT2D eigenvalue weighted by Gasteiger charge is 2.27. The fourth-order valence-electron chi connectivity index (χ4n) is 2.59. The molecule has 4 rings (SSSR count). The number of nitrogens with zero attached hydrogens (tertiary/aromatic N) is 3. The molecule has 0 fully saturated rings. The molecule has 1 heterocycles. The van der Waals surface area contributed by atoms with Crippen molar-refractivity contribution in [2.24, 2.45) is 4.99 Å². The Labute approximate surface area is 137 Å². The zero-order chi connectivity index (χ0) is 16.5. The van der Waals surface area contributed by atoms with E-state index in [1.54, 1.807) is 36.4 Å². The summed E-state index contributed by atoms with van der Waals surface area (Å²) in [5, 5.41) is 16.8. The van der Waals surface area contributed by atoms with Gasteiger partial charge in [0.05, 0.1) is 11.3 Å². The summed E-state index contributed by atoms with van der Waals surface area (Å²) in [7, 11) is 0. The Morgan fingerprint density at radius 3 is 2.46 bits per heavy atom. The van der Waals surface area contributed by atoms with E-state index < -0.39 is 0 Å². The van der Waals surface area contributed by atoms with Crippen LogP contribution >= 0.6 is 0 Å². The second-order valence-electron chi connectivity index (χ2n) is 5.28. The van der Waals surface area contributed by atoms with Crippen molar-refractivity contribution in [3.8, 4) is 11.4 Å². The monoisotopic (exact) mass is 316 g/mol. The van der Waals surface area contributed by atoms with Crippen LogP contribution in [0.25, 0.3) is 17.1 Å².